The summed E-state index contributed by atoms with van der Waals surface area (Å²) < 4.78 is 1.17. The summed E-state index contributed by atoms with van der Waals surface area (Å²) in [5.41, 5.74) is -0.238. The Morgan fingerprint density at radius 1 is 0.862 bits per heavy atom. The van der Waals surface area contributed by atoms with Crippen molar-refractivity contribution in [2.24, 2.45) is 0 Å². The van der Waals surface area contributed by atoms with Crippen LogP contribution in [0, 0.1) is 20.2 Å². The van der Waals surface area contributed by atoms with Crippen molar-refractivity contribution in [2.75, 3.05) is 0 Å². The van der Waals surface area contributed by atoms with E-state index in [1.54, 1.807) is 18.2 Å². The average molecular weight is 389 g/mol. The zero-order valence-corrected chi connectivity index (χ0v) is 14.6. The molecule has 0 aliphatic carbocycles. The van der Waals surface area contributed by atoms with Gasteiger partial charge in [0.05, 0.1) is 26.4 Å². The van der Waals surface area contributed by atoms with Crippen LogP contribution in [0.4, 0.5) is 11.4 Å². The number of hydrogen-bond donors (Lipinski definition) is 0. The highest BCUT2D eigenvalue weighted by molar-refractivity contribution is 5.82. The molecule has 0 saturated carbocycles. The van der Waals surface area contributed by atoms with Gasteiger partial charge in [0.1, 0.15) is 5.69 Å². The summed E-state index contributed by atoms with van der Waals surface area (Å²) in [7, 11) is 0. The van der Waals surface area contributed by atoms with E-state index in [0.29, 0.717) is 5.69 Å². The number of non-ortho nitro benzene ring substituents is 2. The number of aromatic nitrogens is 3. The Kier molecular flexibility index (Phi) is 4.28. The number of hydrogen-bond acceptors (Lipinski definition) is 7. The van der Waals surface area contributed by atoms with Crippen LogP contribution in [0.15, 0.2) is 71.7 Å². The maximum absolute atomic E-state index is 13.3. The van der Waals surface area contributed by atoms with Crippen molar-refractivity contribution in [3.05, 3.63) is 97.4 Å². The highest BCUT2D eigenvalue weighted by Crippen LogP contribution is 2.24. The summed E-state index contributed by atoms with van der Waals surface area (Å²) in [6.45, 7) is 0. The zero-order chi connectivity index (χ0) is 20.5. The molecule has 0 aliphatic rings. The maximum Gasteiger partial charge on any atom is 0.271 e. The van der Waals surface area contributed by atoms with Crippen molar-refractivity contribution in [3.8, 4) is 17.2 Å². The third-order valence-electron chi connectivity index (χ3n) is 4.26. The highest BCUT2D eigenvalue weighted by Gasteiger charge is 2.19. The molecule has 0 N–H and O–H groups in total. The monoisotopic (exact) mass is 389 g/mol. The van der Waals surface area contributed by atoms with Gasteiger partial charge in [0, 0.05) is 30.5 Å². The molecule has 29 heavy (non-hydrogen) atoms. The number of nitro benzene ring substituents is 2. The third-order valence-corrected chi connectivity index (χ3v) is 4.26. The van der Waals surface area contributed by atoms with Crippen LogP contribution in [0.2, 0.25) is 0 Å². The number of fused-ring (bicyclic) bond motifs is 1. The molecule has 10 nitrogen and oxygen atoms in total. The van der Waals surface area contributed by atoms with Gasteiger partial charge in [-0.05, 0) is 24.3 Å². The van der Waals surface area contributed by atoms with Gasteiger partial charge in [-0.3, -0.25) is 34.6 Å². The van der Waals surface area contributed by atoms with Crippen LogP contribution in [-0.4, -0.2) is 24.4 Å². The molecule has 0 spiro atoms. The zero-order valence-electron chi connectivity index (χ0n) is 14.6. The van der Waals surface area contributed by atoms with Gasteiger partial charge >= 0.3 is 0 Å². The molecule has 2 aromatic heterocycles. The lowest BCUT2D eigenvalue weighted by Crippen LogP contribution is -2.22. The number of nitrogens with zero attached hydrogens (tertiary/aromatic N) is 5. The number of pyridine rings is 1. The first-order chi connectivity index (χ1) is 14.0. The first-order valence-electron chi connectivity index (χ1n) is 8.33. The van der Waals surface area contributed by atoms with E-state index in [4.69, 9.17) is 0 Å². The fraction of sp³-hybridized carbons (Fsp3) is 0. The molecule has 0 atom stereocenters. The van der Waals surface area contributed by atoms with Gasteiger partial charge in [-0.25, -0.2) is 4.98 Å². The van der Waals surface area contributed by atoms with E-state index < -0.39 is 15.4 Å². The minimum atomic E-state index is -0.608. The molecule has 10 heteroatoms. The molecular weight excluding hydrogens is 378 g/mol. The first kappa shape index (κ1) is 17.9. The van der Waals surface area contributed by atoms with Crippen LogP contribution in [0.25, 0.3) is 28.1 Å². The topological polar surface area (TPSA) is 134 Å². The van der Waals surface area contributed by atoms with Crippen molar-refractivity contribution in [1.82, 2.24) is 14.5 Å². The van der Waals surface area contributed by atoms with Crippen LogP contribution < -0.4 is 5.56 Å². The average Bonchev–Trinajstić information content (AvgIpc) is 2.74. The fourth-order valence-electron chi connectivity index (χ4n) is 2.94. The van der Waals surface area contributed by atoms with Gasteiger partial charge in [0.25, 0.3) is 16.9 Å². The summed E-state index contributed by atoms with van der Waals surface area (Å²) >= 11 is 0. The Morgan fingerprint density at radius 3 is 2.31 bits per heavy atom. The number of benzene rings is 2. The molecule has 0 fully saturated rings. The van der Waals surface area contributed by atoms with Gasteiger partial charge in [0.2, 0.25) is 0 Å². The Labute approximate surface area is 162 Å². The van der Waals surface area contributed by atoms with E-state index in [-0.39, 0.29) is 33.8 Å². The van der Waals surface area contributed by atoms with E-state index in [1.807, 2.05) is 0 Å². The summed E-state index contributed by atoms with van der Waals surface area (Å²) in [5.74, 6) is 0.164. The van der Waals surface area contributed by atoms with Crippen molar-refractivity contribution in [1.29, 1.82) is 0 Å². The second kappa shape index (κ2) is 6.93. The standard InChI is InChI=1S/C19H11N5O5/c25-19-15-11-14(24(28)29)7-8-16(15)21-18(17-6-1-2-9-20-17)22(19)12-4-3-5-13(10-12)23(26)27/h1-11H. The van der Waals surface area contributed by atoms with Crippen molar-refractivity contribution >= 4 is 22.3 Å². The van der Waals surface area contributed by atoms with Crippen LogP contribution in [0.3, 0.4) is 0 Å². The quantitative estimate of drug-likeness (QED) is 0.386. The molecule has 2 aromatic carbocycles. The Hall–Kier alpha value is -4.47. The molecular formula is C19H11N5O5. The van der Waals surface area contributed by atoms with Crippen LogP contribution >= 0.6 is 0 Å². The van der Waals surface area contributed by atoms with E-state index in [2.05, 4.69) is 9.97 Å². The molecule has 142 valence electrons. The molecule has 0 unspecified atom stereocenters. The molecule has 4 rings (SSSR count). The smallest absolute Gasteiger partial charge is 0.268 e. The summed E-state index contributed by atoms with van der Waals surface area (Å²) in [6, 6.07) is 14.3. The van der Waals surface area contributed by atoms with E-state index in [9.17, 15) is 25.0 Å². The van der Waals surface area contributed by atoms with Crippen molar-refractivity contribution < 1.29 is 9.85 Å². The Morgan fingerprint density at radius 2 is 1.62 bits per heavy atom. The lowest BCUT2D eigenvalue weighted by atomic mass is 10.2. The second-order valence-electron chi connectivity index (χ2n) is 6.03. The van der Waals surface area contributed by atoms with Gasteiger partial charge in [-0.15, -0.1) is 0 Å². The number of nitro groups is 2. The van der Waals surface area contributed by atoms with Gasteiger partial charge in [-0.2, -0.15) is 0 Å². The normalized spacial score (nSPS) is 10.8. The maximum atomic E-state index is 13.3. The molecule has 4 aromatic rings. The van der Waals surface area contributed by atoms with E-state index >= 15 is 0 Å². The van der Waals surface area contributed by atoms with Crippen LogP contribution in [0.5, 0.6) is 0 Å². The molecule has 0 amide bonds. The van der Waals surface area contributed by atoms with Crippen LogP contribution in [-0.2, 0) is 0 Å². The molecule has 0 saturated heterocycles. The van der Waals surface area contributed by atoms with Crippen molar-refractivity contribution in [2.45, 2.75) is 0 Å². The van der Waals surface area contributed by atoms with E-state index in [1.165, 1.54) is 47.2 Å². The Balaban J connectivity index is 2.10. The molecule has 0 radical (unpaired) electrons. The third kappa shape index (κ3) is 3.18. The lowest BCUT2D eigenvalue weighted by Gasteiger charge is -2.13. The predicted molar refractivity (Wildman–Crippen MR) is 104 cm³/mol. The summed E-state index contributed by atoms with van der Waals surface area (Å²) in [5, 5.41) is 22.3. The fourth-order valence-corrected chi connectivity index (χ4v) is 2.94. The molecule has 0 bridgehead atoms. The summed E-state index contributed by atoms with van der Waals surface area (Å²) in [6.07, 6.45) is 1.53. The molecule has 2 heterocycles. The van der Waals surface area contributed by atoms with Gasteiger partial charge < -0.3 is 0 Å². The first-order valence-corrected chi connectivity index (χ1v) is 8.33. The predicted octanol–water partition coefficient (Wildman–Crippen LogP) is 3.26. The largest absolute Gasteiger partial charge is 0.271 e. The summed E-state index contributed by atoms with van der Waals surface area (Å²) in [4.78, 5) is 43.1. The second-order valence-corrected chi connectivity index (χ2v) is 6.03. The lowest BCUT2D eigenvalue weighted by molar-refractivity contribution is -0.385. The molecule has 0 aliphatic heterocycles. The highest BCUT2D eigenvalue weighted by atomic mass is 16.6. The SMILES string of the molecule is O=c1c2cc([N+](=O)[O-])ccc2nc(-c2ccccn2)n1-c1cccc([N+](=O)[O-])c1. The van der Waals surface area contributed by atoms with Crippen LogP contribution in [0.1, 0.15) is 0 Å². The Bertz CT molecular complexity index is 1330. The number of rotatable bonds is 4. The van der Waals surface area contributed by atoms with Gasteiger partial charge in [0.15, 0.2) is 5.82 Å². The minimum absolute atomic E-state index is 0.0189. The minimum Gasteiger partial charge on any atom is -0.268 e. The van der Waals surface area contributed by atoms with Crippen molar-refractivity contribution in [3.63, 3.8) is 0 Å². The van der Waals surface area contributed by atoms with E-state index in [0.717, 1.165) is 6.07 Å². The van der Waals surface area contributed by atoms with Gasteiger partial charge in [-0.1, -0.05) is 12.1 Å².